The van der Waals surface area contributed by atoms with Crippen molar-refractivity contribution in [1.82, 2.24) is 4.98 Å². The molecule has 2 aromatic carbocycles. The van der Waals surface area contributed by atoms with Gasteiger partial charge in [0.1, 0.15) is 5.75 Å². The Balaban J connectivity index is 1.56. The Morgan fingerprint density at radius 1 is 1.13 bits per heavy atom. The molecule has 1 heterocycles. The highest BCUT2D eigenvalue weighted by molar-refractivity contribution is 7.16. The summed E-state index contributed by atoms with van der Waals surface area (Å²) in [5, 5.41) is 3.21. The molecule has 0 radical (unpaired) electrons. The van der Waals surface area contributed by atoms with E-state index in [-0.39, 0.29) is 24.7 Å². The van der Waals surface area contributed by atoms with E-state index in [2.05, 4.69) is 15.0 Å². The molecule has 3 aromatic rings. The quantitative estimate of drug-likeness (QED) is 0.505. The highest BCUT2D eigenvalue weighted by atomic mass is 32.1. The Bertz CT molecular complexity index is 993. The van der Waals surface area contributed by atoms with Crippen LogP contribution in [0.2, 0.25) is 0 Å². The lowest BCUT2D eigenvalue weighted by atomic mass is 10.1. The molecule has 0 aliphatic rings. The first-order valence-electron chi connectivity index (χ1n) is 9.04. The van der Waals surface area contributed by atoms with Gasteiger partial charge >= 0.3 is 6.61 Å². The van der Waals surface area contributed by atoms with Gasteiger partial charge in [-0.05, 0) is 43.3 Å². The second-order valence-electron chi connectivity index (χ2n) is 6.12. The van der Waals surface area contributed by atoms with Crippen molar-refractivity contribution < 1.29 is 27.8 Å². The monoisotopic (exact) mass is 434 g/mol. The van der Waals surface area contributed by atoms with Crippen LogP contribution in [0.4, 0.5) is 13.9 Å². The van der Waals surface area contributed by atoms with Crippen LogP contribution in [0.1, 0.15) is 11.3 Å². The zero-order chi connectivity index (χ0) is 21.5. The standard InChI is InChI=1S/C21H20F2N2O4S/c1-13-19(14-7-9-15(10-8-14)29-20(22)23)25-21(30-13)24-18(26)11-12-28-17-6-4-3-5-16(17)27-2/h3-10,20H,11-12H2,1-2H3,(H,24,25,26). The molecule has 1 amide bonds. The summed E-state index contributed by atoms with van der Waals surface area (Å²) >= 11 is 1.33. The van der Waals surface area contributed by atoms with Gasteiger partial charge in [-0.15, -0.1) is 11.3 Å². The first-order valence-corrected chi connectivity index (χ1v) is 9.86. The number of hydrogen-bond donors (Lipinski definition) is 1. The number of alkyl halides is 2. The molecule has 0 saturated heterocycles. The molecule has 0 aliphatic heterocycles. The summed E-state index contributed by atoms with van der Waals surface area (Å²) in [6.45, 7) is -0.808. The summed E-state index contributed by atoms with van der Waals surface area (Å²) in [7, 11) is 1.55. The van der Waals surface area contributed by atoms with Crippen LogP contribution >= 0.6 is 11.3 Å². The zero-order valence-corrected chi connectivity index (χ0v) is 17.2. The summed E-state index contributed by atoms with van der Waals surface area (Å²) in [6, 6.07) is 13.4. The van der Waals surface area contributed by atoms with E-state index in [0.717, 1.165) is 10.4 Å². The second kappa shape index (κ2) is 10.0. The number of benzene rings is 2. The van der Waals surface area contributed by atoms with Crippen molar-refractivity contribution in [2.75, 3.05) is 19.0 Å². The maximum absolute atomic E-state index is 12.3. The van der Waals surface area contributed by atoms with Crippen molar-refractivity contribution in [2.45, 2.75) is 20.0 Å². The number of nitrogens with zero attached hydrogens (tertiary/aromatic N) is 1. The Morgan fingerprint density at radius 3 is 2.50 bits per heavy atom. The van der Waals surface area contributed by atoms with Crippen LogP contribution in [0.25, 0.3) is 11.3 Å². The third-order valence-corrected chi connectivity index (χ3v) is 4.94. The van der Waals surface area contributed by atoms with Crippen LogP contribution in [0, 0.1) is 6.92 Å². The average Bonchev–Trinajstić information content (AvgIpc) is 3.08. The lowest BCUT2D eigenvalue weighted by Crippen LogP contribution is -2.15. The van der Waals surface area contributed by atoms with E-state index in [4.69, 9.17) is 9.47 Å². The predicted octanol–water partition coefficient (Wildman–Crippen LogP) is 5.14. The number of hydrogen-bond acceptors (Lipinski definition) is 6. The number of nitrogens with one attached hydrogen (secondary N) is 1. The van der Waals surface area contributed by atoms with E-state index < -0.39 is 6.61 Å². The fraction of sp³-hybridized carbons (Fsp3) is 0.238. The molecule has 3 rings (SSSR count). The van der Waals surface area contributed by atoms with Crippen molar-refractivity contribution in [3.8, 4) is 28.5 Å². The maximum Gasteiger partial charge on any atom is 0.387 e. The highest BCUT2D eigenvalue weighted by Gasteiger charge is 2.13. The first-order chi connectivity index (χ1) is 14.5. The number of anilines is 1. The SMILES string of the molecule is COc1ccccc1OCCC(=O)Nc1nc(-c2ccc(OC(F)F)cc2)c(C)s1. The van der Waals surface area contributed by atoms with Crippen molar-refractivity contribution in [3.63, 3.8) is 0 Å². The third-order valence-electron chi connectivity index (χ3n) is 4.05. The zero-order valence-electron chi connectivity index (χ0n) is 16.4. The Hall–Kier alpha value is -3.20. The van der Waals surface area contributed by atoms with E-state index in [1.807, 2.05) is 19.1 Å². The van der Waals surface area contributed by atoms with Crippen molar-refractivity contribution >= 4 is 22.4 Å². The minimum Gasteiger partial charge on any atom is -0.493 e. The van der Waals surface area contributed by atoms with Crippen LogP contribution in [0.5, 0.6) is 17.2 Å². The minimum absolute atomic E-state index is 0.0743. The number of aryl methyl sites for hydroxylation is 1. The van der Waals surface area contributed by atoms with Crippen LogP contribution in [-0.2, 0) is 4.79 Å². The molecule has 0 saturated carbocycles. The Kier molecular flexibility index (Phi) is 7.18. The molecule has 0 aliphatic carbocycles. The third kappa shape index (κ3) is 5.66. The normalized spacial score (nSPS) is 10.7. The van der Waals surface area contributed by atoms with Gasteiger partial charge in [-0.2, -0.15) is 8.78 Å². The minimum atomic E-state index is -2.87. The largest absolute Gasteiger partial charge is 0.493 e. The van der Waals surface area contributed by atoms with Gasteiger partial charge in [-0.3, -0.25) is 4.79 Å². The fourth-order valence-corrected chi connectivity index (χ4v) is 3.54. The molecule has 9 heteroatoms. The molecule has 1 N–H and O–H groups in total. The number of aromatic nitrogens is 1. The van der Waals surface area contributed by atoms with E-state index in [1.165, 1.54) is 23.5 Å². The molecule has 6 nitrogen and oxygen atoms in total. The summed E-state index contributed by atoms with van der Waals surface area (Å²) in [5.41, 5.74) is 1.41. The van der Waals surface area contributed by atoms with Gasteiger partial charge in [0.15, 0.2) is 16.6 Å². The second-order valence-corrected chi connectivity index (χ2v) is 7.33. The topological polar surface area (TPSA) is 69.7 Å². The summed E-state index contributed by atoms with van der Waals surface area (Å²) in [6.07, 6.45) is 0.145. The van der Waals surface area contributed by atoms with E-state index in [1.54, 1.807) is 31.4 Å². The number of ether oxygens (including phenoxy) is 3. The van der Waals surface area contributed by atoms with Crippen molar-refractivity contribution in [3.05, 3.63) is 53.4 Å². The number of amides is 1. The number of carbonyl (C=O) groups excluding carboxylic acids is 1. The van der Waals surface area contributed by atoms with Crippen LogP contribution < -0.4 is 19.5 Å². The van der Waals surface area contributed by atoms with Crippen molar-refractivity contribution in [1.29, 1.82) is 0 Å². The number of methoxy groups -OCH3 is 1. The van der Waals surface area contributed by atoms with Gasteiger partial charge in [0, 0.05) is 10.4 Å². The molecule has 30 heavy (non-hydrogen) atoms. The number of thiazole rings is 1. The average molecular weight is 434 g/mol. The lowest BCUT2D eigenvalue weighted by Gasteiger charge is -2.09. The van der Waals surface area contributed by atoms with Gasteiger partial charge in [0.25, 0.3) is 0 Å². The lowest BCUT2D eigenvalue weighted by molar-refractivity contribution is -0.116. The highest BCUT2D eigenvalue weighted by Crippen LogP contribution is 2.31. The van der Waals surface area contributed by atoms with Gasteiger partial charge in [0.2, 0.25) is 5.91 Å². The number of rotatable bonds is 9. The molecule has 158 valence electrons. The van der Waals surface area contributed by atoms with E-state index >= 15 is 0 Å². The van der Waals surface area contributed by atoms with Gasteiger partial charge in [-0.25, -0.2) is 4.98 Å². The smallest absolute Gasteiger partial charge is 0.387 e. The van der Waals surface area contributed by atoms with Crippen LogP contribution in [0.3, 0.4) is 0 Å². The van der Waals surface area contributed by atoms with Crippen LogP contribution in [0.15, 0.2) is 48.5 Å². The molecule has 0 bridgehead atoms. The maximum atomic E-state index is 12.3. The summed E-state index contributed by atoms with van der Waals surface area (Å²) in [5.74, 6) is 1.01. The molecular weight excluding hydrogens is 414 g/mol. The Morgan fingerprint density at radius 2 is 1.83 bits per heavy atom. The molecular formula is C21H20F2N2O4S. The first kappa shape index (κ1) is 21.5. The van der Waals surface area contributed by atoms with Crippen LogP contribution in [-0.4, -0.2) is 31.2 Å². The van der Waals surface area contributed by atoms with Gasteiger partial charge in [0.05, 0.1) is 25.8 Å². The number of halogens is 2. The number of para-hydroxylation sites is 2. The molecule has 0 atom stereocenters. The molecule has 0 fully saturated rings. The molecule has 0 unspecified atom stereocenters. The van der Waals surface area contributed by atoms with E-state index in [0.29, 0.717) is 22.3 Å². The number of carbonyl (C=O) groups is 1. The predicted molar refractivity (Wildman–Crippen MR) is 111 cm³/mol. The van der Waals surface area contributed by atoms with E-state index in [9.17, 15) is 13.6 Å². The summed E-state index contributed by atoms with van der Waals surface area (Å²) < 4.78 is 39.7. The van der Waals surface area contributed by atoms with Crippen molar-refractivity contribution in [2.24, 2.45) is 0 Å². The Labute approximate surface area is 176 Å². The molecule has 0 spiro atoms. The van der Waals surface area contributed by atoms with Gasteiger partial charge < -0.3 is 19.5 Å². The fourth-order valence-electron chi connectivity index (χ4n) is 2.69. The summed E-state index contributed by atoms with van der Waals surface area (Å²) in [4.78, 5) is 17.5. The molecule has 1 aromatic heterocycles. The van der Waals surface area contributed by atoms with Gasteiger partial charge in [-0.1, -0.05) is 12.1 Å².